The summed E-state index contributed by atoms with van der Waals surface area (Å²) in [5, 5.41) is 4.94. The van der Waals surface area contributed by atoms with Gasteiger partial charge in [-0.25, -0.2) is 9.97 Å². The molecule has 5 heteroatoms. The lowest BCUT2D eigenvalue weighted by Gasteiger charge is -2.10. The normalized spacial score (nSPS) is 10.8. The molecule has 0 saturated heterocycles. The molecule has 0 aliphatic carbocycles. The molecule has 0 radical (unpaired) electrons. The number of nitrogens with zero attached hydrogens (tertiary/aromatic N) is 2. The minimum Gasteiger partial charge on any atom is -0.370 e. The van der Waals surface area contributed by atoms with Crippen molar-refractivity contribution in [2.24, 2.45) is 0 Å². The summed E-state index contributed by atoms with van der Waals surface area (Å²) in [6.45, 7) is 7.10. The Kier molecular flexibility index (Phi) is 5.26. The van der Waals surface area contributed by atoms with E-state index < -0.39 is 0 Å². The van der Waals surface area contributed by atoms with Gasteiger partial charge >= 0.3 is 0 Å². The Morgan fingerprint density at radius 1 is 1.20 bits per heavy atom. The van der Waals surface area contributed by atoms with Crippen molar-refractivity contribution in [3.8, 4) is 0 Å². The van der Waals surface area contributed by atoms with Gasteiger partial charge in [0.05, 0.1) is 0 Å². The molecule has 20 heavy (non-hydrogen) atoms. The van der Waals surface area contributed by atoms with Gasteiger partial charge in [-0.05, 0) is 31.2 Å². The minimum absolute atomic E-state index is 0.304. The summed E-state index contributed by atoms with van der Waals surface area (Å²) < 4.78 is 0. The van der Waals surface area contributed by atoms with E-state index >= 15 is 0 Å². The fraction of sp³-hybridized carbons (Fsp3) is 0.333. The van der Waals surface area contributed by atoms with Crippen molar-refractivity contribution in [2.75, 3.05) is 11.9 Å². The van der Waals surface area contributed by atoms with Gasteiger partial charge in [0, 0.05) is 28.4 Å². The van der Waals surface area contributed by atoms with Crippen LogP contribution in [0.2, 0.25) is 5.02 Å². The summed E-state index contributed by atoms with van der Waals surface area (Å²) >= 11 is 7.52. The Morgan fingerprint density at radius 3 is 2.50 bits per heavy atom. The number of nitrogens with one attached hydrogen (secondary N) is 1. The van der Waals surface area contributed by atoms with E-state index in [4.69, 9.17) is 11.6 Å². The highest BCUT2D eigenvalue weighted by molar-refractivity contribution is 7.99. The lowest BCUT2D eigenvalue weighted by molar-refractivity contribution is 0.754. The highest BCUT2D eigenvalue weighted by Gasteiger charge is 2.09. The van der Waals surface area contributed by atoms with Crippen LogP contribution in [0.25, 0.3) is 0 Å². The van der Waals surface area contributed by atoms with Crippen molar-refractivity contribution in [3.63, 3.8) is 0 Å². The Morgan fingerprint density at radius 2 is 1.90 bits per heavy atom. The Balaban J connectivity index is 2.27. The molecule has 0 fully saturated rings. The van der Waals surface area contributed by atoms with Gasteiger partial charge in [-0.1, -0.05) is 37.2 Å². The Labute approximate surface area is 129 Å². The smallest absolute Gasteiger partial charge is 0.134 e. The summed E-state index contributed by atoms with van der Waals surface area (Å²) in [7, 11) is 0. The molecule has 3 nitrogen and oxygen atoms in total. The zero-order chi connectivity index (χ0) is 14.5. The predicted octanol–water partition coefficient (Wildman–Crippen LogP) is 4.84. The largest absolute Gasteiger partial charge is 0.370 e. The Hall–Kier alpha value is -1.26. The second-order valence-electron chi connectivity index (χ2n) is 4.69. The molecular weight excluding hydrogens is 290 g/mol. The van der Waals surface area contributed by atoms with Crippen molar-refractivity contribution < 1.29 is 0 Å². The fourth-order valence-corrected chi connectivity index (χ4v) is 2.60. The topological polar surface area (TPSA) is 37.8 Å². The maximum Gasteiger partial charge on any atom is 0.134 e. The van der Waals surface area contributed by atoms with Crippen LogP contribution in [0.4, 0.5) is 5.82 Å². The van der Waals surface area contributed by atoms with Gasteiger partial charge in [-0.15, -0.1) is 0 Å². The molecule has 0 saturated carbocycles. The van der Waals surface area contributed by atoms with E-state index in [1.807, 2.05) is 30.3 Å². The SMILES string of the molecule is CCNc1cc(Sc2ccc(Cl)cc2)nc(C(C)C)n1. The zero-order valence-corrected chi connectivity index (χ0v) is 13.4. The third-order valence-corrected chi connectivity index (χ3v) is 3.81. The molecular formula is C15H18ClN3S. The highest BCUT2D eigenvalue weighted by atomic mass is 35.5. The van der Waals surface area contributed by atoms with Gasteiger partial charge in [0.25, 0.3) is 0 Å². The van der Waals surface area contributed by atoms with Crippen molar-refractivity contribution in [3.05, 3.63) is 41.2 Å². The molecule has 0 atom stereocenters. The minimum atomic E-state index is 0.304. The van der Waals surface area contributed by atoms with Crippen LogP contribution in [0.5, 0.6) is 0 Å². The van der Waals surface area contributed by atoms with Crippen LogP contribution in [-0.4, -0.2) is 16.5 Å². The van der Waals surface area contributed by atoms with Crippen LogP contribution < -0.4 is 5.32 Å². The van der Waals surface area contributed by atoms with E-state index in [-0.39, 0.29) is 0 Å². The monoisotopic (exact) mass is 307 g/mol. The lowest BCUT2D eigenvalue weighted by Crippen LogP contribution is -2.05. The average molecular weight is 308 g/mol. The summed E-state index contributed by atoms with van der Waals surface area (Å²) in [5.41, 5.74) is 0. The molecule has 106 valence electrons. The van der Waals surface area contributed by atoms with Crippen molar-refractivity contribution in [1.29, 1.82) is 0 Å². The third kappa shape index (κ3) is 4.12. The quantitative estimate of drug-likeness (QED) is 0.802. The molecule has 1 heterocycles. The fourth-order valence-electron chi connectivity index (χ4n) is 1.65. The molecule has 2 aromatic rings. The van der Waals surface area contributed by atoms with E-state index in [0.717, 1.165) is 33.1 Å². The Bertz CT molecular complexity index is 570. The average Bonchev–Trinajstić information content (AvgIpc) is 2.41. The first-order valence-corrected chi connectivity index (χ1v) is 7.84. The first kappa shape index (κ1) is 15.1. The van der Waals surface area contributed by atoms with Crippen LogP contribution >= 0.6 is 23.4 Å². The van der Waals surface area contributed by atoms with Gasteiger partial charge in [-0.2, -0.15) is 0 Å². The van der Waals surface area contributed by atoms with Crippen LogP contribution in [0.15, 0.2) is 40.3 Å². The molecule has 0 aliphatic rings. The van der Waals surface area contributed by atoms with E-state index in [2.05, 4.69) is 36.1 Å². The van der Waals surface area contributed by atoms with Crippen molar-refractivity contribution in [2.45, 2.75) is 36.6 Å². The lowest BCUT2D eigenvalue weighted by atomic mass is 10.2. The number of rotatable bonds is 5. The molecule has 1 aromatic heterocycles. The summed E-state index contributed by atoms with van der Waals surface area (Å²) in [6, 6.07) is 9.75. The zero-order valence-electron chi connectivity index (χ0n) is 11.9. The van der Waals surface area contributed by atoms with Gasteiger partial charge in [-0.3, -0.25) is 0 Å². The van der Waals surface area contributed by atoms with Crippen LogP contribution in [0.3, 0.4) is 0 Å². The first-order valence-electron chi connectivity index (χ1n) is 6.64. The van der Waals surface area contributed by atoms with Crippen molar-refractivity contribution >= 4 is 29.2 Å². The predicted molar refractivity (Wildman–Crippen MR) is 85.9 cm³/mol. The van der Waals surface area contributed by atoms with E-state index in [1.165, 1.54) is 0 Å². The molecule has 0 unspecified atom stereocenters. The van der Waals surface area contributed by atoms with Gasteiger partial charge in [0.1, 0.15) is 16.7 Å². The molecule has 0 aliphatic heterocycles. The second-order valence-corrected chi connectivity index (χ2v) is 6.22. The third-order valence-electron chi connectivity index (χ3n) is 2.63. The van der Waals surface area contributed by atoms with Crippen molar-refractivity contribution in [1.82, 2.24) is 9.97 Å². The number of aromatic nitrogens is 2. The number of hydrogen-bond donors (Lipinski definition) is 1. The number of halogens is 1. The van der Waals surface area contributed by atoms with Gasteiger partial charge in [0.2, 0.25) is 0 Å². The molecule has 2 rings (SSSR count). The van der Waals surface area contributed by atoms with Crippen LogP contribution in [0, 0.1) is 0 Å². The molecule has 0 bridgehead atoms. The maximum atomic E-state index is 5.90. The van der Waals surface area contributed by atoms with E-state index in [1.54, 1.807) is 11.8 Å². The van der Waals surface area contributed by atoms with Gasteiger partial charge in [0.15, 0.2) is 0 Å². The maximum absolute atomic E-state index is 5.90. The number of benzene rings is 1. The van der Waals surface area contributed by atoms with Crippen LogP contribution in [-0.2, 0) is 0 Å². The molecule has 0 amide bonds. The standard InChI is InChI=1S/C15H18ClN3S/c1-4-17-13-9-14(19-15(18-13)10(2)3)20-12-7-5-11(16)6-8-12/h5-10H,4H2,1-3H3,(H,17,18,19). The summed E-state index contributed by atoms with van der Waals surface area (Å²) in [5.74, 6) is 2.04. The molecule has 0 spiro atoms. The van der Waals surface area contributed by atoms with Crippen LogP contribution in [0.1, 0.15) is 32.5 Å². The first-order chi connectivity index (χ1) is 9.58. The number of anilines is 1. The second kappa shape index (κ2) is 6.95. The molecule has 1 aromatic carbocycles. The summed E-state index contributed by atoms with van der Waals surface area (Å²) in [4.78, 5) is 10.2. The number of hydrogen-bond acceptors (Lipinski definition) is 4. The molecule has 1 N–H and O–H groups in total. The highest BCUT2D eigenvalue weighted by Crippen LogP contribution is 2.29. The van der Waals surface area contributed by atoms with E-state index in [9.17, 15) is 0 Å². The van der Waals surface area contributed by atoms with Gasteiger partial charge < -0.3 is 5.32 Å². The summed E-state index contributed by atoms with van der Waals surface area (Å²) in [6.07, 6.45) is 0. The van der Waals surface area contributed by atoms with E-state index in [0.29, 0.717) is 5.92 Å².